The van der Waals surface area contributed by atoms with Gasteiger partial charge in [-0.2, -0.15) is 0 Å². The second-order valence-corrected chi connectivity index (χ2v) is 7.71. The van der Waals surface area contributed by atoms with Crippen molar-refractivity contribution in [2.45, 2.75) is 6.54 Å². The lowest BCUT2D eigenvalue weighted by atomic mass is 10.2. The largest absolute Gasteiger partial charge is 0.484 e. The Morgan fingerprint density at radius 1 is 1.08 bits per heavy atom. The van der Waals surface area contributed by atoms with Crippen molar-refractivity contribution in [2.24, 2.45) is 0 Å². The summed E-state index contributed by atoms with van der Waals surface area (Å²) in [6.45, 7) is 4.20. The number of halogens is 2. The predicted octanol–water partition coefficient (Wildman–Crippen LogP) is 3.67. The topological polar surface area (TPSA) is 32.8 Å². The van der Waals surface area contributed by atoms with Crippen LogP contribution in [0.4, 0.5) is 0 Å². The van der Waals surface area contributed by atoms with E-state index in [4.69, 9.17) is 16.3 Å². The Labute approximate surface area is 166 Å². The third-order valence-electron chi connectivity index (χ3n) is 4.20. The molecule has 0 aromatic heterocycles. The first-order valence-corrected chi connectivity index (χ1v) is 9.69. The number of hydrogen-bond donors (Lipinski definition) is 0. The molecule has 2 aromatic rings. The zero-order valence-corrected chi connectivity index (χ0v) is 16.7. The summed E-state index contributed by atoms with van der Waals surface area (Å²) in [6, 6.07) is 15.7. The number of nitrogens with zero attached hydrogens (tertiary/aromatic N) is 2. The molecule has 0 radical (unpaired) electrons. The van der Waals surface area contributed by atoms with Gasteiger partial charge in [-0.1, -0.05) is 29.8 Å². The summed E-state index contributed by atoms with van der Waals surface area (Å²) in [5.41, 5.74) is 1.24. The second-order valence-electron chi connectivity index (χ2n) is 6.03. The van der Waals surface area contributed by atoms with Gasteiger partial charge in [-0.15, -0.1) is 0 Å². The highest BCUT2D eigenvalue weighted by Gasteiger charge is 2.21. The van der Waals surface area contributed by atoms with Crippen molar-refractivity contribution in [3.63, 3.8) is 0 Å². The van der Waals surface area contributed by atoms with Crippen molar-refractivity contribution in [3.8, 4) is 5.75 Å². The lowest BCUT2D eigenvalue weighted by molar-refractivity contribution is -0.135. The van der Waals surface area contributed by atoms with Crippen LogP contribution >= 0.6 is 34.2 Å². The average Bonchev–Trinajstić information content (AvgIpc) is 2.62. The number of piperazine rings is 1. The van der Waals surface area contributed by atoms with Crippen LogP contribution in [0.3, 0.4) is 0 Å². The zero-order valence-electron chi connectivity index (χ0n) is 13.8. The molecule has 1 aliphatic rings. The van der Waals surface area contributed by atoms with Crippen LogP contribution in [0.5, 0.6) is 5.75 Å². The molecule has 0 saturated carbocycles. The fourth-order valence-corrected chi connectivity index (χ4v) is 3.44. The Kier molecular flexibility index (Phi) is 6.56. The fraction of sp³-hybridized carbons (Fsp3) is 0.316. The monoisotopic (exact) mass is 470 g/mol. The highest BCUT2D eigenvalue weighted by Crippen LogP contribution is 2.16. The van der Waals surface area contributed by atoms with Crippen LogP contribution in [0.15, 0.2) is 48.5 Å². The molecule has 2 aromatic carbocycles. The molecular weight excluding hydrogens is 451 g/mol. The molecule has 0 atom stereocenters. The number of benzene rings is 2. The van der Waals surface area contributed by atoms with Crippen molar-refractivity contribution in [2.75, 3.05) is 32.8 Å². The van der Waals surface area contributed by atoms with E-state index in [2.05, 4.69) is 39.6 Å². The van der Waals surface area contributed by atoms with Crippen LogP contribution in [0.2, 0.25) is 5.02 Å². The smallest absolute Gasteiger partial charge is 0.260 e. The van der Waals surface area contributed by atoms with Crippen LogP contribution in [-0.2, 0) is 11.3 Å². The summed E-state index contributed by atoms with van der Waals surface area (Å²) >= 11 is 8.15. The first-order valence-electron chi connectivity index (χ1n) is 8.23. The van der Waals surface area contributed by atoms with Crippen molar-refractivity contribution in [1.29, 1.82) is 0 Å². The van der Waals surface area contributed by atoms with Gasteiger partial charge in [0.25, 0.3) is 5.91 Å². The molecule has 3 rings (SSSR count). The normalized spacial score (nSPS) is 15.2. The van der Waals surface area contributed by atoms with Crippen LogP contribution in [-0.4, -0.2) is 48.5 Å². The lowest BCUT2D eigenvalue weighted by Gasteiger charge is -2.34. The predicted molar refractivity (Wildman–Crippen MR) is 108 cm³/mol. The molecule has 1 aliphatic heterocycles. The standard InChI is InChI=1S/C19H20ClIN2O2/c20-16-6-4-15(5-7-16)13-22-8-10-23(11-9-22)19(24)14-25-18-3-1-2-17(21)12-18/h1-7,12H,8-11,13-14H2. The molecule has 1 saturated heterocycles. The molecule has 0 unspecified atom stereocenters. The van der Waals surface area contributed by atoms with Crippen molar-refractivity contribution in [1.82, 2.24) is 9.80 Å². The minimum atomic E-state index is 0.0463. The van der Waals surface area contributed by atoms with Gasteiger partial charge in [-0.25, -0.2) is 0 Å². The van der Waals surface area contributed by atoms with Crippen molar-refractivity contribution in [3.05, 3.63) is 62.7 Å². The number of rotatable bonds is 5. The summed E-state index contributed by atoms with van der Waals surface area (Å²) in [6.07, 6.45) is 0. The quantitative estimate of drug-likeness (QED) is 0.625. The summed E-state index contributed by atoms with van der Waals surface area (Å²) in [7, 11) is 0. The van der Waals surface area contributed by atoms with Crippen molar-refractivity contribution < 1.29 is 9.53 Å². The summed E-state index contributed by atoms with van der Waals surface area (Å²) in [5, 5.41) is 0.757. The first kappa shape index (κ1) is 18.5. The maximum absolute atomic E-state index is 12.3. The van der Waals surface area contributed by atoms with E-state index < -0.39 is 0 Å². The third kappa shape index (κ3) is 5.59. The number of ether oxygens (including phenoxy) is 1. The van der Waals surface area contributed by atoms with E-state index in [0.29, 0.717) is 0 Å². The van der Waals surface area contributed by atoms with Crippen LogP contribution < -0.4 is 4.74 Å². The van der Waals surface area contributed by atoms with Gasteiger partial charge in [-0.3, -0.25) is 9.69 Å². The Morgan fingerprint density at radius 2 is 1.80 bits per heavy atom. The number of carbonyl (C=O) groups is 1. The van der Waals surface area contributed by atoms with Gasteiger partial charge in [0, 0.05) is 41.3 Å². The molecule has 1 heterocycles. The van der Waals surface area contributed by atoms with E-state index in [0.717, 1.165) is 47.1 Å². The molecule has 0 spiro atoms. The minimum Gasteiger partial charge on any atom is -0.484 e. The molecule has 4 nitrogen and oxygen atoms in total. The highest BCUT2D eigenvalue weighted by molar-refractivity contribution is 14.1. The lowest BCUT2D eigenvalue weighted by Crippen LogP contribution is -2.49. The molecule has 0 aliphatic carbocycles. The molecule has 132 valence electrons. The van der Waals surface area contributed by atoms with Gasteiger partial charge >= 0.3 is 0 Å². The average molecular weight is 471 g/mol. The first-order chi connectivity index (χ1) is 12.1. The van der Waals surface area contributed by atoms with Gasteiger partial charge in [0.1, 0.15) is 5.75 Å². The maximum Gasteiger partial charge on any atom is 0.260 e. The highest BCUT2D eigenvalue weighted by atomic mass is 127. The second kappa shape index (κ2) is 8.87. The molecule has 0 N–H and O–H groups in total. The van der Waals surface area contributed by atoms with Gasteiger partial charge in [0.05, 0.1) is 0 Å². The van der Waals surface area contributed by atoms with E-state index in [-0.39, 0.29) is 12.5 Å². The van der Waals surface area contributed by atoms with E-state index in [1.54, 1.807) is 0 Å². The molecule has 25 heavy (non-hydrogen) atoms. The summed E-state index contributed by atoms with van der Waals surface area (Å²) in [4.78, 5) is 16.6. The fourth-order valence-electron chi connectivity index (χ4n) is 2.80. The summed E-state index contributed by atoms with van der Waals surface area (Å²) in [5.74, 6) is 0.784. The number of hydrogen-bond acceptors (Lipinski definition) is 3. The molecular formula is C19H20ClIN2O2. The van der Waals surface area contributed by atoms with Gasteiger partial charge in [0.15, 0.2) is 6.61 Å². The molecule has 1 amide bonds. The van der Waals surface area contributed by atoms with E-state index in [9.17, 15) is 4.79 Å². The number of carbonyl (C=O) groups excluding carboxylic acids is 1. The Morgan fingerprint density at radius 3 is 2.48 bits per heavy atom. The Balaban J connectivity index is 1.43. The van der Waals surface area contributed by atoms with Gasteiger partial charge in [0.2, 0.25) is 0 Å². The SMILES string of the molecule is O=C(COc1cccc(I)c1)N1CCN(Cc2ccc(Cl)cc2)CC1. The van der Waals surface area contributed by atoms with Gasteiger partial charge < -0.3 is 9.64 Å². The van der Waals surface area contributed by atoms with E-state index >= 15 is 0 Å². The van der Waals surface area contributed by atoms with Crippen molar-refractivity contribution >= 4 is 40.1 Å². The maximum atomic E-state index is 12.3. The Bertz CT molecular complexity index is 716. The van der Waals surface area contributed by atoms with Crippen LogP contribution in [0, 0.1) is 3.57 Å². The Hall–Kier alpha value is -1.31. The molecule has 0 bridgehead atoms. The molecule has 1 fully saturated rings. The third-order valence-corrected chi connectivity index (χ3v) is 5.13. The van der Waals surface area contributed by atoms with E-state index in [1.165, 1.54) is 5.56 Å². The van der Waals surface area contributed by atoms with Crippen LogP contribution in [0.1, 0.15) is 5.56 Å². The zero-order chi connectivity index (χ0) is 17.6. The number of amides is 1. The van der Waals surface area contributed by atoms with Gasteiger partial charge in [-0.05, 0) is 58.5 Å². The van der Waals surface area contributed by atoms with E-state index in [1.807, 2.05) is 41.3 Å². The molecule has 6 heteroatoms. The minimum absolute atomic E-state index is 0.0463. The van der Waals surface area contributed by atoms with Crippen LogP contribution in [0.25, 0.3) is 0 Å². The summed E-state index contributed by atoms with van der Waals surface area (Å²) < 4.78 is 6.71.